The fourth-order valence-corrected chi connectivity index (χ4v) is 4.62. The molecule has 0 atom stereocenters. The lowest BCUT2D eigenvalue weighted by molar-refractivity contribution is 0.206. The van der Waals surface area contributed by atoms with E-state index < -0.39 is 0 Å². The normalized spacial score (nSPS) is 18.3. The quantitative estimate of drug-likeness (QED) is 0.731. The molecule has 0 saturated carbocycles. The summed E-state index contributed by atoms with van der Waals surface area (Å²) in [5.41, 5.74) is 12.5. The van der Waals surface area contributed by atoms with Crippen LogP contribution < -0.4 is 11.1 Å². The predicted molar refractivity (Wildman–Crippen MR) is 112 cm³/mol. The Hall–Kier alpha value is -2.44. The molecule has 0 bridgehead atoms. The second-order valence-corrected chi connectivity index (χ2v) is 8.13. The molecule has 1 aromatic carbocycles. The summed E-state index contributed by atoms with van der Waals surface area (Å²) in [7, 11) is 0. The second-order valence-electron chi connectivity index (χ2n) is 8.13. The molecule has 28 heavy (non-hydrogen) atoms. The van der Waals surface area contributed by atoms with Crippen molar-refractivity contribution in [1.82, 2.24) is 19.5 Å². The molecule has 1 fully saturated rings. The average molecular weight is 377 g/mol. The van der Waals surface area contributed by atoms with Crippen LogP contribution in [0.1, 0.15) is 42.4 Å². The Morgan fingerprint density at radius 3 is 2.86 bits per heavy atom. The van der Waals surface area contributed by atoms with E-state index in [1.807, 2.05) is 10.7 Å². The Balaban J connectivity index is 1.46. The van der Waals surface area contributed by atoms with Crippen molar-refractivity contribution in [1.29, 1.82) is 0 Å². The van der Waals surface area contributed by atoms with Crippen molar-refractivity contribution in [3.05, 3.63) is 53.5 Å². The number of rotatable bonds is 4. The standard InChI is InChI=1S/C22H28N6/c23-18-9-11-27(12-10-18)14-17-8-13-28-21(17)22(24-15-25-28)26-20-7-3-5-16-4-1-2-6-19(16)20/h3,5,7-8,13,15,18H,1-2,4,6,9-12,14,23H2,(H,24,25,26). The van der Waals surface area contributed by atoms with Crippen LogP contribution in [0.3, 0.4) is 0 Å². The van der Waals surface area contributed by atoms with Gasteiger partial charge in [-0.1, -0.05) is 12.1 Å². The van der Waals surface area contributed by atoms with Gasteiger partial charge in [0, 0.05) is 24.5 Å². The van der Waals surface area contributed by atoms with Gasteiger partial charge in [-0.25, -0.2) is 9.50 Å². The number of nitrogens with two attached hydrogens (primary N) is 1. The minimum absolute atomic E-state index is 0.354. The third-order valence-electron chi connectivity index (χ3n) is 6.21. The molecular formula is C22H28N6. The monoisotopic (exact) mass is 376 g/mol. The topological polar surface area (TPSA) is 71.5 Å². The van der Waals surface area contributed by atoms with E-state index in [9.17, 15) is 0 Å². The van der Waals surface area contributed by atoms with Crippen LogP contribution >= 0.6 is 0 Å². The number of hydrogen-bond acceptors (Lipinski definition) is 5. The number of fused-ring (bicyclic) bond motifs is 2. The van der Waals surface area contributed by atoms with Crippen LogP contribution in [0.15, 0.2) is 36.8 Å². The van der Waals surface area contributed by atoms with Crippen LogP contribution in [-0.2, 0) is 19.4 Å². The molecule has 6 nitrogen and oxygen atoms in total. The second kappa shape index (κ2) is 7.53. The Kier molecular flexibility index (Phi) is 4.74. The van der Waals surface area contributed by atoms with E-state index in [-0.39, 0.29) is 0 Å². The van der Waals surface area contributed by atoms with Gasteiger partial charge >= 0.3 is 0 Å². The first-order chi connectivity index (χ1) is 13.8. The molecule has 0 amide bonds. The molecule has 0 unspecified atom stereocenters. The van der Waals surface area contributed by atoms with Crippen LogP contribution in [-0.4, -0.2) is 38.6 Å². The van der Waals surface area contributed by atoms with Crippen molar-refractivity contribution in [2.24, 2.45) is 5.73 Å². The number of aryl methyl sites for hydroxylation is 1. The highest BCUT2D eigenvalue weighted by molar-refractivity contribution is 5.77. The number of aromatic nitrogens is 3. The van der Waals surface area contributed by atoms with Gasteiger partial charge in [-0.2, -0.15) is 5.10 Å². The fourth-order valence-electron chi connectivity index (χ4n) is 4.62. The molecule has 1 saturated heterocycles. The van der Waals surface area contributed by atoms with Crippen LogP contribution in [0.5, 0.6) is 0 Å². The maximum atomic E-state index is 6.07. The summed E-state index contributed by atoms with van der Waals surface area (Å²) in [6, 6.07) is 9.12. The van der Waals surface area contributed by atoms with Crippen LogP contribution in [0, 0.1) is 0 Å². The van der Waals surface area contributed by atoms with Crippen molar-refractivity contribution in [2.45, 2.75) is 51.1 Å². The number of anilines is 2. The summed E-state index contributed by atoms with van der Waals surface area (Å²) in [6.07, 6.45) is 10.7. The summed E-state index contributed by atoms with van der Waals surface area (Å²) in [5, 5.41) is 8.06. The van der Waals surface area contributed by atoms with Gasteiger partial charge in [-0.3, -0.25) is 4.90 Å². The van der Waals surface area contributed by atoms with E-state index in [4.69, 9.17) is 5.73 Å². The van der Waals surface area contributed by atoms with E-state index in [2.05, 4.69) is 44.6 Å². The van der Waals surface area contributed by atoms with E-state index in [0.29, 0.717) is 6.04 Å². The predicted octanol–water partition coefficient (Wildman–Crippen LogP) is 3.27. The lowest BCUT2D eigenvalue weighted by Gasteiger charge is -2.29. The summed E-state index contributed by atoms with van der Waals surface area (Å²) < 4.78 is 1.94. The number of piperidine rings is 1. The Morgan fingerprint density at radius 2 is 1.96 bits per heavy atom. The Bertz CT molecular complexity index is 970. The zero-order valence-electron chi connectivity index (χ0n) is 16.3. The van der Waals surface area contributed by atoms with E-state index in [1.165, 1.54) is 41.6 Å². The summed E-state index contributed by atoms with van der Waals surface area (Å²) in [6.45, 7) is 3.03. The van der Waals surface area contributed by atoms with Gasteiger partial charge < -0.3 is 11.1 Å². The first-order valence-electron chi connectivity index (χ1n) is 10.4. The molecule has 3 heterocycles. The number of benzene rings is 1. The zero-order valence-corrected chi connectivity index (χ0v) is 16.3. The van der Waals surface area contributed by atoms with E-state index in [1.54, 1.807) is 6.33 Å². The highest BCUT2D eigenvalue weighted by atomic mass is 15.3. The smallest absolute Gasteiger partial charge is 0.158 e. The molecule has 6 heteroatoms. The number of nitrogens with zero attached hydrogens (tertiary/aromatic N) is 4. The third kappa shape index (κ3) is 3.38. The first-order valence-corrected chi connectivity index (χ1v) is 10.4. The van der Waals surface area contributed by atoms with Gasteiger partial charge in [0.05, 0.1) is 0 Å². The third-order valence-corrected chi connectivity index (χ3v) is 6.21. The molecule has 1 aliphatic heterocycles. The number of nitrogens with one attached hydrogen (secondary N) is 1. The van der Waals surface area contributed by atoms with Crippen molar-refractivity contribution in [2.75, 3.05) is 18.4 Å². The fraction of sp³-hybridized carbons (Fsp3) is 0.455. The lowest BCUT2D eigenvalue weighted by atomic mass is 9.90. The molecular weight excluding hydrogens is 348 g/mol. The Morgan fingerprint density at radius 1 is 1.11 bits per heavy atom. The molecule has 1 aliphatic carbocycles. The number of hydrogen-bond donors (Lipinski definition) is 2. The van der Waals surface area contributed by atoms with Gasteiger partial charge in [-0.15, -0.1) is 0 Å². The summed E-state index contributed by atoms with van der Waals surface area (Å²) in [4.78, 5) is 7.09. The minimum Gasteiger partial charge on any atom is -0.338 e. The molecule has 2 aromatic heterocycles. The van der Waals surface area contributed by atoms with Crippen molar-refractivity contribution >= 4 is 17.0 Å². The van der Waals surface area contributed by atoms with Crippen LogP contribution in [0.2, 0.25) is 0 Å². The molecule has 5 rings (SSSR count). The Labute approximate surface area is 165 Å². The summed E-state index contributed by atoms with van der Waals surface area (Å²) >= 11 is 0. The molecule has 2 aliphatic rings. The molecule has 3 N–H and O–H groups in total. The van der Waals surface area contributed by atoms with Gasteiger partial charge in [0.2, 0.25) is 0 Å². The zero-order chi connectivity index (χ0) is 18.9. The van der Waals surface area contributed by atoms with E-state index in [0.717, 1.165) is 50.2 Å². The van der Waals surface area contributed by atoms with Crippen LogP contribution in [0.4, 0.5) is 11.5 Å². The molecule has 0 radical (unpaired) electrons. The van der Waals surface area contributed by atoms with Crippen molar-refractivity contribution in [3.63, 3.8) is 0 Å². The lowest BCUT2D eigenvalue weighted by Crippen LogP contribution is -2.39. The molecule has 146 valence electrons. The SMILES string of the molecule is NC1CCN(Cc2ccn3ncnc(Nc4cccc5c4CCCC5)c23)CC1. The van der Waals surface area contributed by atoms with Crippen molar-refractivity contribution < 1.29 is 0 Å². The minimum atomic E-state index is 0.354. The van der Waals surface area contributed by atoms with Crippen LogP contribution in [0.25, 0.3) is 5.52 Å². The molecule has 3 aromatic rings. The van der Waals surface area contributed by atoms with Gasteiger partial charge in [0.25, 0.3) is 0 Å². The van der Waals surface area contributed by atoms with E-state index >= 15 is 0 Å². The number of likely N-dealkylation sites (tertiary alicyclic amines) is 1. The van der Waals surface area contributed by atoms with Gasteiger partial charge in [0.15, 0.2) is 5.82 Å². The van der Waals surface area contributed by atoms with Crippen molar-refractivity contribution in [3.8, 4) is 0 Å². The first kappa shape index (κ1) is 17.6. The molecule has 0 spiro atoms. The summed E-state index contributed by atoms with van der Waals surface area (Å²) in [5.74, 6) is 0.891. The highest BCUT2D eigenvalue weighted by Crippen LogP contribution is 2.31. The van der Waals surface area contributed by atoms with Gasteiger partial charge in [0.1, 0.15) is 11.8 Å². The van der Waals surface area contributed by atoms with Gasteiger partial charge in [-0.05, 0) is 80.4 Å². The largest absolute Gasteiger partial charge is 0.338 e. The maximum Gasteiger partial charge on any atom is 0.158 e. The maximum absolute atomic E-state index is 6.07. The average Bonchev–Trinajstić information content (AvgIpc) is 3.14. The highest BCUT2D eigenvalue weighted by Gasteiger charge is 2.20.